The van der Waals surface area contributed by atoms with E-state index in [-0.39, 0.29) is 30.1 Å². The van der Waals surface area contributed by atoms with Crippen LogP contribution in [0.1, 0.15) is 18.4 Å². The van der Waals surface area contributed by atoms with E-state index in [1.54, 1.807) is 12.0 Å². The summed E-state index contributed by atoms with van der Waals surface area (Å²) in [5.74, 6) is 0.423. The Balaban J connectivity index is 0.00000300. The zero-order chi connectivity index (χ0) is 19.9. The molecule has 3 N–H and O–H groups in total. The van der Waals surface area contributed by atoms with Crippen LogP contribution >= 0.6 is 12.4 Å². The van der Waals surface area contributed by atoms with E-state index in [9.17, 15) is 9.59 Å². The van der Waals surface area contributed by atoms with Gasteiger partial charge in [0.15, 0.2) is 0 Å². The largest absolute Gasteiger partial charge is 0.495 e. The number of carbonyl (C=O) groups is 2. The molecule has 0 bridgehead atoms. The standard InChI is InChI=1S/C22H27N3O3.ClH/c1-28-20-10-6-5-9-19(20)24-21(26)17-11-13-25(14-12-17)22(27)18(23)15-16-7-3-2-4-8-16;/h2-10,17-18H,11-15,23H2,1H3,(H,24,26);1H. The number of methoxy groups -OCH3 is 1. The Bertz CT molecular complexity index is 808. The molecule has 1 atom stereocenters. The molecule has 1 fully saturated rings. The normalized spacial score (nSPS) is 15.2. The zero-order valence-corrected chi connectivity index (χ0v) is 17.4. The summed E-state index contributed by atoms with van der Waals surface area (Å²) in [4.78, 5) is 27.0. The number of anilines is 1. The molecular formula is C22H28ClN3O3. The number of hydrogen-bond acceptors (Lipinski definition) is 4. The average molecular weight is 418 g/mol. The molecular weight excluding hydrogens is 390 g/mol. The molecule has 0 aliphatic carbocycles. The second kappa shape index (κ2) is 10.8. The number of nitrogens with two attached hydrogens (primary N) is 1. The van der Waals surface area contributed by atoms with Gasteiger partial charge in [0.2, 0.25) is 11.8 Å². The van der Waals surface area contributed by atoms with Gasteiger partial charge in [-0.05, 0) is 37.0 Å². The topological polar surface area (TPSA) is 84.7 Å². The van der Waals surface area contributed by atoms with Gasteiger partial charge >= 0.3 is 0 Å². The van der Waals surface area contributed by atoms with Crippen molar-refractivity contribution < 1.29 is 14.3 Å². The molecule has 156 valence electrons. The molecule has 7 heteroatoms. The first kappa shape index (κ1) is 22.7. The quantitative estimate of drug-likeness (QED) is 0.756. The third kappa shape index (κ3) is 5.95. The van der Waals surface area contributed by atoms with Crippen LogP contribution in [-0.4, -0.2) is 43.0 Å². The number of piperidine rings is 1. The molecule has 3 rings (SSSR count). The highest BCUT2D eigenvalue weighted by Crippen LogP contribution is 2.26. The number of carbonyl (C=O) groups excluding carboxylic acids is 2. The van der Waals surface area contributed by atoms with Gasteiger partial charge in [0, 0.05) is 19.0 Å². The Kier molecular flexibility index (Phi) is 8.49. The van der Waals surface area contributed by atoms with E-state index >= 15 is 0 Å². The first-order chi connectivity index (χ1) is 13.6. The molecule has 2 aromatic carbocycles. The predicted molar refractivity (Wildman–Crippen MR) is 116 cm³/mol. The molecule has 1 aliphatic heterocycles. The molecule has 2 aromatic rings. The van der Waals surface area contributed by atoms with Gasteiger partial charge < -0.3 is 20.7 Å². The van der Waals surface area contributed by atoms with Gasteiger partial charge in [-0.2, -0.15) is 0 Å². The average Bonchev–Trinajstić information content (AvgIpc) is 2.74. The Hall–Kier alpha value is -2.57. The minimum atomic E-state index is -0.554. The smallest absolute Gasteiger partial charge is 0.239 e. The minimum absolute atomic E-state index is 0. The van der Waals surface area contributed by atoms with Crippen LogP contribution in [0.25, 0.3) is 0 Å². The lowest BCUT2D eigenvalue weighted by Crippen LogP contribution is -2.49. The fraction of sp³-hybridized carbons (Fsp3) is 0.364. The van der Waals surface area contributed by atoms with E-state index in [0.717, 1.165) is 5.56 Å². The highest BCUT2D eigenvalue weighted by molar-refractivity contribution is 5.94. The lowest BCUT2D eigenvalue weighted by Gasteiger charge is -2.33. The number of para-hydroxylation sites is 2. The number of amides is 2. The highest BCUT2D eigenvalue weighted by Gasteiger charge is 2.29. The van der Waals surface area contributed by atoms with E-state index in [4.69, 9.17) is 10.5 Å². The number of rotatable bonds is 6. The number of likely N-dealkylation sites (tertiary alicyclic amines) is 1. The van der Waals surface area contributed by atoms with Crippen LogP contribution in [0.4, 0.5) is 5.69 Å². The molecule has 1 saturated heterocycles. The molecule has 1 aliphatic rings. The SMILES string of the molecule is COc1ccccc1NC(=O)C1CCN(C(=O)C(N)Cc2ccccc2)CC1.Cl. The number of ether oxygens (including phenoxy) is 1. The summed E-state index contributed by atoms with van der Waals surface area (Å²) in [6.07, 6.45) is 1.78. The monoisotopic (exact) mass is 417 g/mol. The maximum absolute atomic E-state index is 12.6. The molecule has 0 aromatic heterocycles. The lowest BCUT2D eigenvalue weighted by molar-refractivity contribution is -0.135. The van der Waals surface area contributed by atoms with Crippen LogP contribution in [0.2, 0.25) is 0 Å². The summed E-state index contributed by atoms with van der Waals surface area (Å²) in [7, 11) is 1.58. The van der Waals surface area contributed by atoms with Crippen molar-refractivity contribution in [2.24, 2.45) is 11.7 Å². The summed E-state index contributed by atoms with van der Waals surface area (Å²) in [6.45, 7) is 1.09. The van der Waals surface area contributed by atoms with E-state index < -0.39 is 6.04 Å². The van der Waals surface area contributed by atoms with Crippen LogP contribution in [-0.2, 0) is 16.0 Å². The minimum Gasteiger partial charge on any atom is -0.495 e. The molecule has 2 amide bonds. The van der Waals surface area contributed by atoms with E-state index in [1.165, 1.54) is 0 Å². The van der Waals surface area contributed by atoms with Gasteiger partial charge in [-0.3, -0.25) is 9.59 Å². The van der Waals surface area contributed by atoms with Crippen LogP contribution in [0, 0.1) is 5.92 Å². The predicted octanol–water partition coefficient (Wildman–Crippen LogP) is 2.86. The fourth-order valence-corrected chi connectivity index (χ4v) is 3.53. The second-order valence-electron chi connectivity index (χ2n) is 7.09. The third-order valence-corrected chi connectivity index (χ3v) is 5.16. The number of nitrogens with zero attached hydrogens (tertiary/aromatic N) is 1. The molecule has 0 spiro atoms. The summed E-state index contributed by atoms with van der Waals surface area (Å²) in [5, 5.41) is 2.94. The molecule has 0 radical (unpaired) electrons. The maximum atomic E-state index is 12.6. The van der Waals surface area contributed by atoms with Crippen molar-refractivity contribution in [1.82, 2.24) is 4.90 Å². The van der Waals surface area contributed by atoms with E-state index in [2.05, 4.69) is 5.32 Å². The van der Waals surface area contributed by atoms with Gasteiger partial charge in [0.1, 0.15) is 5.75 Å². The fourth-order valence-electron chi connectivity index (χ4n) is 3.53. The van der Waals surface area contributed by atoms with Crippen molar-refractivity contribution in [3.05, 3.63) is 60.2 Å². The van der Waals surface area contributed by atoms with Gasteiger partial charge in [0.05, 0.1) is 18.8 Å². The first-order valence-corrected chi connectivity index (χ1v) is 9.60. The molecule has 29 heavy (non-hydrogen) atoms. The number of benzene rings is 2. The number of hydrogen-bond donors (Lipinski definition) is 2. The van der Waals surface area contributed by atoms with E-state index in [0.29, 0.717) is 43.8 Å². The second-order valence-corrected chi connectivity index (χ2v) is 7.09. The van der Waals surface area contributed by atoms with Crippen LogP contribution in [0.5, 0.6) is 5.75 Å². The molecule has 6 nitrogen and oxygen atoms in total. The van der Waals surface area contributed by atoms with Crippen molar-refractivity contribution in [2.45, 2.75) is 25.3 Å². The number of halogens is 1. The Labute approximate surface area is 177 Å². The van der Waals surface area contributed by atoms with Crippen LogP contribution in [0.3, 0.4) is 0 Å². The highest BCUT2D eigenvalue weighted by atomic mass is 35.5. The Morgan fingerprint density at radius 3 is 2.38 bits per heavy atom. The Morgan fingerprint density at radius 1 is 1.10 bits per heavy atom. The third-order valence-electron chi connectivity index (χ3n) is 5.16. The molecule has 0 saturated carbocycles. The van der Waals surface area contributed by atoms with E-state index in [1.807, 2.05) is 54.6 Å². The summed E-state index contributed by atoms with van der Waals surface area (Å²) in [6, 6.07) is 16.6. The van der Waals surface area contributed by atoms with Gasteiger partial charge in [-0.25, -0.2) is 0 Å². The summed E-state index contributed by atoms with van der Waals surface area (Å²) in [5.41, 5.74) is 7.84. The zero-order valence-electron chi connectivity index (χ0n) is 16.5. The van der Waals surface area contributed by atoms with Crippen LogP contribution in [0.15, 0.2) is 54.6 Å². The van der Waals surface area contributed by atoms with Crippen molar-refractivity contribution in [3.8, 4) is 5.75 Å². The van der Waals surface area contributed by atoms with Crippen molar-refractivity contribution in [1.29, 1.82) is 0 Å². The molecule has 1 unspecified atom stereocenters. The Morgan fingerprint density at radius 2 is 1.72 bits per heavy atom. The number of nitrogens with one attached hydrogen (secondary N) is 1. The first-order valence-electron chi connectivity index (χ1n) is 9.60. The van der Waals surface area contributed by atoms with Gasteiger partial charge in [0.25, 0.3) is 0 Å². The van der Waals surface area contributed by atoms with Crippen molar-refractivity contribution in [2.75, 3.05) is 25.5 Å². The van der Waals surface area contributed by atoms with Crippen molar-refractivity contribution >= 4 is 29.9 Å². The molecule has 1 heterocycles. The summed E-state index contributed by atoms with van der Waals surface area (Å²) < 4.78 is 5.28. The lowest BCUT2D eigenvalue weighted by atomic mass is 9.95. The van der Waals surface area contributed by atoms with Gasteiger partial charge in [-0.1, -0.05) is 42.5 Å². The van der Waals surface area contributed by atoms with Crippen LogP contribution < -0.4 is 15.8 Å². The van der Waals surface area contributed by atoms with Gasteiger partial charge in [-0.15, -0.1) is 12.4 Å². The summed E-state index contributed by atoms with van der Waals surface area (Å²) >= 11 is 0. The maximum Gasteiger partial charge on any atom is 0.239 e. The van der Waals surface area contributed by atoms with Crippen molar-refractivity contribution in [3.63, 3.8) is 0 Å².